The number of hydrogen-bond donors (Lipinski definition) is 1. The summed E-state index contributed by atoms with van der Waals surface area (Å²) in [5, 5.41) is 7.88. The maximum atomic E-state index is 12.9. The lowest BCUT2D eigenvalue weighted by Gasteiger charge is -2.34. The molecule has 1 fully saturated rings. The van der Waals surface area contributed by atoms with Gasteiger partial charge in [0.2, 0.25) is 0 Å². The molecule has 0 aliphatic carbocycles. The number of carbonyl (C=O) groups is 1. The molecule has 168 valence electrons. The normalized spacial score (nSPS) is 14.4. The number of nitrogens with zero attached hydrogens (tertiary/aromatic N) is 5. The molecule has 0 bridgehead atoms. The van der Waals surface area contributed by atoms with E-state index in [-0.39, 0.29) is 6.03 Å². The van der Waals surface area contributed by atoms with Crippen LogP contribution in [0, 0.1) is 0 Å². The molecule has 0 saturated carbocycles. The molecule has 2 amide bonds. The zero-order chi connectivity index (χ0) is 22.5. The molecule has 0 unspecified atom stereocenters. The quantitative estimate of drug-likeness (QED) is 0.494. The number of urea groups is 1. The van der Waals surface area contributed by atoms with Gasteiger partial charge in [-0.15, -0.1) is 0 Å². The van der Waals surface area contributed by atoms with E-state index >= 15 is 0 Å². The zero-order valence-corrected chi connectivity index (χ0v) is 18.3. The Morgan fingerprint density at radius 3 is 2.48 bits per heavy atom. The molecule has 3 aromatic heterocycles. The van der Waals surface area contributed by atoms with Crippen molar-refractivity contribution < 1.29 is 9.21 Å². The Morgan fingerprint density at radius 1 is 0.970 bits per heavy atom. The van der Waals surface area contributed by atoms with Crippen molar-refractivity contribution in [1.82, 2.24) is 29.9 Å². The highest BCUT2D eigenvalue weighted by Gasteiger charge is 2.22. The number of furan rings is 1. The molecule has 0 spiro atoms. The van der Waals surface area contributed by atoms with Crippen molar-refractivity contribution in [3.8, 4) is 16.9 Å². The van der Waals surface area contributed by atoms with Gasteiger partial charge in [0.1, 0.15) is 5.76 Å². The van der Waals surface area contributed by atoms with Gasteiger partial charge >= 0.3 is 6.03 Å². The molecular weight excluding hydrogens is 416 g/mol. The maximum Gasteiger partial charge on any atom is 0.317 e. The molecule has 4 aromatic rings. The average Bonchev–Trinajstić information content (AvgIpc) is 3.54. The van der Waals surface area contributed by atoms with Gasteiger partial charge in [-0.25, -0.2) is 9.48 Å². The van der Waals surface area contributed by atoms with Gasteiger partial charge in [-0.05, 0) is 36.4 Å². The van der Waals surface area contributed by atoms with Crippen LogP contribution < -0.4 is 5.32 Å². The van der Waals surface area contributed by atoms with E-state index in [1.807, 2.05) is 70.4 Å². The van der Waals surface area contributed by atoms with E-state index in [1.54, 1.807) is 18.7 Å². The van der Waals surface area contributed by atoms with Crippen molar-refractivity contribution in [2.24, 2.45) is 0 Å². The van der Waals surface area contributed by atoms with E-state index in [0.29, 0.717) is 19.6 Å². The van der Waals surface area contributed by atoms with Crippen LogP contribution in [0.4, 0.5) is 4.79 Å². The van der Waals surface area contributed by atoms with Gasteiger partial charge < -0.3 is 14.6 Å². The van der Waals surface area contributed by atoms with Crippen LogP contribution in [-0.4, -0.2) is 56.8 Å². The highest BCUT2D eigenvalue weighted by molar-refractivity contribution is 5.75. The van der Waals surface area contributed by atoms with E-state index < -0.39 is 0 Å². The Labute approximate surface area is 192 Å². The van der Waals surface area contributed by atoms with Crippen LogP contribution in [0.15, 0.2) is 83.9 Å². The molecule has 0 atom stereocenters. The van der Waals surface area contributed by atoms with E-state index in [4.69, 9.17) is 9.52 Å². The summed E-state index contributed by atoms with van der Waals surface area (Å²) in [7, 11) is 0. The van der Waals surface area contributed by atoms with Crippen LogP contribution in [0.25, 0.3) is 16.9 Å². The first-order valence-electron chi connectivity index (χ1n) is 11.1. The van der Waals surface area contributed by atoms with Crippen molar-refractivity contribution in [2.45, 2.75) is 13.1 Å². The fraction of sp³-hybridized carbons (Fsp3) is 0.240. The zero-order valence-electron chi connectivity index (χ0n) is 18.3. The Hall–Kier alpha value is -3.91. The summed E-state index contributed by atoms with van der Waals surface area (Å²) >= 11 is 0. The lowest BCUT2D eigenvalue weighted by Crippen LogP contribution is -2.51. The summed E-state index contributed by atoms with van der Waals surface area (Å²) in [6, 6.07) is 17.7. The van der Waals surface area contributed by atoms with Crippen LogP contribution in [0.2, 0.25) is 0 Å². The van der Waals surface area contributed by atoms with Gasteiger partial charge in [-0.3, -0.25) is 9.88 Å². The van der Waals surface area contributed by atoms with Gasteiger partial charge in [0, 0.05) is 62.4 Å². The molecule has 0 radical (unpaired) electrons. The van der Waals surface area contributed by atoms with Crippen LogP contribution in [0.1, 0.15) is 11.3 Å². The Morgan fingerprint density at radius 2 is 1.76 bits per heavy atom. The fourth-order valence-corrected chi connectivity index (χ4v) is 4.02. The van der Waals surface area contributed by atoms with Crippen LogP contribution in [-0.2, 0) is 13.1 Å². The number of para-hydroxylation sites is 1. The van der Waals surface area contributed by atoms with E-state index in [9.17, 15) is 4.79 Å². The van der Waals surface area contributed by atoms with Crippen molar-refractivity contribution in [3.63, 3.8) is 0 Å². The van der Waals surface area contributed by atoms with Crippen LogP contribution >= 0.6 is 0 Å². The number of pyridine rings is 1. The summed E-state index contributed by atoms with van der Waals surface area (Å²) in [6.07, 6.45) is 7.18. The van der Waals surface area contributed by atoms with Crippen molar-refractivity contribution in [3.05, 3.63) is 90.8 Å². The predicted octanol–water partition coefficient (Wildman–Crippen LogP) is 3.55. The first kappa shape index (κ1) is 21.0. The number of hydrogen-bond acceptors (Lipinski definition) is 5. The lowest BCUT2D eigenvalue weighted by molar-refractivity contribution is 0.130. The summed E-state index contributed by atoms with van der Waals surface area (Å²) in [4.78, 5) is 21.1. The van der Waals surface area contributed by atoms with Gasteiger partial charge in [0.25, 0.3) is 0 Å². The second kappa shape index (κ2) is 9.70. The van der Waals surface area contributed by atoms with Crippen molar-refractivity contribution in [1.29, 1.82) is 0 Å². The molecule has 1 aliphatic rings. The third-order valence-corrected chi connectivity index (χ3v) is 5.81. The molecule has 1 aromatic carbocycles. The molecule has 1 N–H and O–H groups in total. The SMILES string of the molecule is O=C(NCc1cn(-c2ccccc2)nc1-c1ccncc1)N1CCN(Cc2ccco2)CC1. The number of aromatic nitrogens is 3. The maximum absolute atomic E-state index is 12.9. The van der Waals surface area contributed by atoms with Gasteiger partial charge in [0.05, 0.1) is 24.2 Å². The number of nitrogens with one attached hydrogen (secondary N) is 1. The fourth-order valence-electron chi connectivity index (χ4n) is 4.02. The average molecular weight is 443 g/mol. The van der Waals surface area contributed by atoms with Gasteiger partial charge in [-0.1, -0.05) is 18.2 Å². The van der Waals surface area contributed by atoms with Crippen molar-refractivity contribution >= 4 is 6.03 Å². The number of piperazine rings is 1. The summed E-state index contributed by atoms with van der Waals surface area (Å²) < 4.78 is 7.29. The third kappa shape index (κ3) is 4.96. The minimum Gasteiger partial charge on any atom is -0.468 e. The highest BCUT2D eigenvalue weighted by Crippen LogP contribution is 2.23. The van der Waals surface area contributed by atoms with E-state index in [1.165, 1.54) is 0 Å². The molecule has 8 nitrogen and oxygen atoms in total. The first-order valence-corrected chi connectivity index (χ1v) is 11.1. The Kier molecular flexibility index (Phi) is 6.16. The largest absolute Gasteiger partial charge is 0.468 e. The summed E-state index contributed by atoms with van der Waals surface area (Å²) in [5.41, 5.74) is 3.73. The lowest BCUT2D eigenvalue weighted by atomic mass is 10.1. The molecule has 1 aliphatic heterocycles. The summed E-state index contributed by atoms with van der Waals surface area (Å²) in [6.45, 7) is 4.19. The molecule has 33 heavy (non-hydrogen) atoms. The topological polar surface area (TPSA) is 79.4 Å². The minimum atomic E-state index is -0.0548. The van der Waals surface area contributed by atoms with Gasteiger partial charge in [-0.2, -0.15) is 5.10 Å². The second-order valence-corrected chi connectivity index (χ2v) is 8.02. The van der Waals surface area contributed by atoms with E-state index in [2.05, 4.69) is 15.2 Å². The summed E-state index contributed by atoms with van der Waals surface area (Å²) in [5.74, 6) is 0.951. The standard InChI is InChI=1S/C25H26N6O2/c32-25(30-14-12-29(13-15-30)19-23-7-4-16-33-23)27-17-21-18-31(22-5-2-1-3-6-22)28-24(21)20-8-10-26-11-9-20/h1-11,16,18H,12-15,17,19H2,(H,27,32). The van der Waals surface area contributed by atoms with Crippen LogP contribution in [0.3, 0.4) is 0 Å². The minimum absolute atomic E-state index is 0.0548. The predicted molar refractivity (Wildman–Crippen MR) is 125 cm³/mol. The molecule has 8 heteroatoms. The number of amides is 2. The molecule has 1 saturated heterocycles. The molecular formula is C25H26N6O2. The van der Waals surface area contributed by atoms with Crippen molar-refractivity contribution in [2.75, 3.05) is 26.2 Å². The Balaban J connectivity index is 1.24. The van der Waals surface area contributed by atoms with Gasteiger partial charge in [0.15, 0.2) is 0 Å². The second-order valence-electron chi connectivity index (χ2n) is 8.02. The Bertz CT molecular complexity index is 1170. The molecule has 4 heterocycles. The monoisotopic (exact) mass is 442 g/mol. The smallest absolute Gasteiger partial charge is 0.317 e. The number of benzene rings is 1. The molecule has 5 rings (SSSR count). The number of carbonyl (C=O) groups excluding carboxylic acids is 1. The first-order chi connectivity index (χ1) is 16.3. The highest BCUT2D eigenvalue weighted by atomic mass is 16.3. The number of rotatable bonds is 6. The third-order valence-electron chi connectivity index (χ3n) is 5.81. The van der Waals surface area contributed by atoms with E-state index in [0.717, 1.165) is 47.9 Å². The van der Waals surface area contributed by atoms with Crippen LogP contribution in [0.5, 0.6) is 0 Å².